The lowest BCUT2D eigenvalue weighted by Gasteiger charge is -2.30. The van der Waals surface area contributed by atoms with E-state index in [2.05, 4.69) is 24.1 Å². The fourth-order valence-electron chi connectivity index (χ4n) is 3.83. The standard InChI is InChI=1S/C21H30ClN3O2S/c1-15(2)13-19-25(21(27)16-5-7-17(22)8-6-16)18(14-28-19)20(26)23-9-12-24-10-3-4-11-24/h5-8,15,18-19H,3-4,9-14H2,1-2H3,(H,23,26)/t18-,19+/m0/s1. The number of nitrogens with zero attached hydrogens (tertiary/aromatic N) is 2. The van der Waals surface area contributed by atoms with Gasteiger partial charge in [-0.1, -0.05) is 25.4 Å². The number of carbonyl (C=O) groups is 2. The lowest BCUT2D eigenvalue weighted by Crippen LogP contribution is -2.51. The van der Waals surface area contributed by atoms with Crippen molar-refractivity contribution in [3.05, 3.63) is 34.9 Å². The summed E-state index contributed by atoms with van der Waals surface area (Å²) >= 11 is 7.67. The van der Waals surface area contributed by atoms with E-state index in [0.29, 0.717) is 28.8 Å². The first kappa shape index (κ1) is 21.5. The Morgan fingerprint density at radius 1 is 1.21 bits per heavy atom. The molecule has 0 unspecified atom stereocenters. The Bertz CT molecular complexity index is 677. The van der Waals surface area contributed by atoms with E-state index >= 15 is 0 Å². The van der Waals surface area contributed by atoms with Crippen LogP contribution in [0.1, 0.15) is 43.5 Å². The lowest BCUT2D eigenvalue weighted by atomic mass is 10.1. The Labute approximate surface area is 177 Å². The highest BCUT2D eigenvalue weighted by molar-refractivity contribution is 8.00. The first-order valence-corrected chi connectivity index (χ1v) is 11.6. The predicted octanol–water partition coefficient (Wildman–Crippen LogP) is 3.48. The van der Waals surface area contributed by atoms with Gasteiger partial charge in [-0.15, -0.1) is 11.8 Å². The molecule has 0 saturated carbocycles. The van der Waals surface area contributed by atoms with Crippen LogP contribution < -0.4 is 5.32 Å². The topological polar surface area (TPSA) is 52.7 Å². The molecule has 0 radical (unpaired) electrons. The quantitative estimate of drug-likeness (QED) is 0.729. The fourth-order valence-corrected chi connectivity index (χ4v) is 5.59. The molecule has 5 nitrogen and oxygen atoms in total. The highest BCUT2D eigenvalue weighted by atomic mass is 35.5. The molecule has 1 aromatic carbocycles. The molecule has 2 atom stereocenters. The molecule has 2 amide bonds. The van der Waals surface area contributed by atoms with E-state index in [-0.39, 0.29) is 17.2 Å². The van der Waals surface area contributed by atoms with Crippen molar-refractivity contribution in [1.29, 1.82) is 0 Å². The van der Waals surface area contributed by atoms with Crippen LogP contribution in [0, 0.1) is 5.92 Å². The van der Waals surface area contributed by atoms with E-state index < -0.39 is 6.04 Å². The Balaban J connectivity index is 1.67. The van der Waals surface area contributed by atoms with Crippen molar-refractivity contribution in [2.75, 3.05) is 31.9 Å². The molecule has 2 heterocycles. The first-order valence-electron chi connectivity index (χ1n) is 10.2. The number of halogens is 1. The van der Waals surface area contributed by atoms with E-state index in [9.17, 15) is 9.59 Å². The van der Waals surface area contributed by atoms with Crippen LogP contribution in [0.15, 0.2) is 24.3 Å². The number of thioether (sulfide) groups is 1. The zero-order chi connectivity index (χ0) is 20.1. The average Bonchev–Trinajstić information content (AvgIpc) is 3.31. The van der Waals surface area contributed by atoms with Gasteiger partial charge in [0.05, 0.1) is 5.37 Å². The molecule has 0 aliphatic carbocycles. The first-order chi connectivity index (χ1) is 13.5. The number of amides is 2. The van der Waals surface area contributed by atoms with Gasteiger partial charge in [-0.05, 0) is 62.5 Å². The number of carbonyl (C=O) groups excluding carboxylic acids is 2. The normalized spacial score (nSPS) is 22.8. The monoisotopic (exact) mass is 423 g/mol. The van der Waals surface area contributed by atoms with Crippen LogP contribution in [0.25, 0.3) is 0 Å². The minimum absolute atomic E-state index is 0.0255. The van der Waals surface area contributed by atoms with E-state index in [1.165, 1.54) is 12.8 Å². The summed E-state index contributed by atoms with van der Waals surface area (Å²) in [4.78, 5) is 30.3. The van der Waals surface area contributed by atoms with E-state index in [1.807, 2.05) is 0 Å². The van der Waals surface area contributed by atoms with Crippen LogP contribution in [-0.2, 0) is 4.79 Å². The number of benzene rings is 1. The third-order valence-electron chi connectivity index (χ3n) is 5.32. The van der Waals surface area contributed by atoms with Gasteiger partial charge in [-0.2, -0.15) is 0 Å². The Morgan fingerprint density at radius 2 is 1.89 bits per heavy atom. The zero-order valence-corrected chi connectivity index (χ0v) is 18.3. The molecule has 2 saturated heterocycles. The van der Waals surface area contributed by atoms with Crippen LogP contribution in [0.4, 0.5) is 0 Å². The second-order valence-corrected chi connectivity index (χ2v) is 9.64. The molecule has 28 heavy (non-hydrogen) atoms. The number of rotatable bonds is 7. The highest BCUT2D eigenvalue weighted by Crippen LogP contribution is 2.34. The largest absolute Gasteiger partial charge is 0.353 e. The molecule has 0 spiro atoms. The van der Waals surface area contributed by atoms with Crippen molar-refractivity contribution in [1.82, 2.24) is 15.1 Å². The van der Waals surface area contributed by atoms with Crippen molar-refractivity contribution < 1.29 is 9.59 Å². The van der Waals surface area contributed by atoms with Crippen LogP contribution in [0.3, 0.4) is 0 Å². The second-order valence-electron chi connectivity index (χ2n) is 7.99. The summed E-state index contributed by atoms with van der Waals surface area (Å²) in [6.07, 6.45) is 3.36. The van der Waals surface area contributed by atoms with Crippen LogP contribution >= 0.6 is 23.4 Å². The second kappa shape index (κ2) is 9.99. The third-order valence-corrected chi connectivity index (χ3v) is 6.88. The predicted molar refractivity (Wildman–Crippen MR) is 116 cm³/mol. The van der Waals surface area contributed by atoms with Crippen molar-refractivity contribution in [2.45, 2.75) is 44.5 Å². The maximum Gasteiger partial charge on any atom is 0.255 e. The number of hydrogen-bond acceptors (Lipinski definition) is 4. The highest BCUT2D eigenvalue weighted by Gasteiger charge is 2.41. The molecule has 0 aromatic heterocycles. The van der Waals surface area contributed by atoms with Gasteiger partial charge in [0.2, 0.25) is 5.91 Å². The lowest BCUT2D eigenvalue weighted by molar-refractivity contribution is -0.124. The molecule has 7 heteroatoms. The molecular weight excluding hydrogens is 394 g/mol. The summed E-state index contributed by atoms with van der Waals surface area (Å²) in [6.45, 7) is 8.05. The summed E-state index contributed by atoms with van der Waals surface area (Å²) < 4.78 is 0. The minimum atomic E-state index is -0.421. The van der Waals surface area contributed by atoms with Crippen LogP contribution in [-0.4, -0.2) is 65.0 Å². The number of nitrogens with one attached hydrogen (secondary N) is 1. The minimum Gasteiger partial charge on any atom is -0.353 e. The van der Waals surface area contributed by atoms with Gasteiger partial charge in [-0.25, -0.2) is 0 Å². The van der Waals surface area contributed by atoms with Gasteiger partial charge in [0.25, 0.3) is 5.91 Å². The SMILES string of the molecule is CC(C)C[C@H]1SC[C@@H](C(=O)NCCN2CCCC2)N1C(=O)c1ccc(Cl)cc1. The summed E-state index contributed by atoms with van der Waals surface area (Å²) in [5, 5.41) is 3.69. The van der Waals surface area contributed by atoms with Gasteiger partial charge >= 0.3 is 0 Å². The van der Waals surface area contributed by atoms with Crippen LogP contribution in [0.5, 0.6) is 0 Å². The number of hydrogen-bond donors (Lipinski definition) is 1. The molecule has 1 aromatic rings. The number of likely N-dealkylation sites (tertiary alicyclic amines) is 1. The van der Waals surface area contributed by atoms with Crippen LogP contribution in [0.2, 0.25) is 5.02 Å². The van der Waals surface area contributed by atoms with Gasteiger partial charge in [-0.3, -0.25) is 9.59 Å². The van der Waals surface area contributed by atoms with Crippen molar-refractivity contribution in [3.8, 4) is 0 Å². The van der Waals surface area contributed by atoms with Crippen molar-refractivity contribution in [2.24, 2.45) is 5.92 Å². The maximum absolute atomic E-state index is 13.2. The Hall–Kier alpha value is -1.24. The van der Waals surface area contributed by atoms with Gasteiger partial charge in [0.15, 0.2) is 0 Å². The molecule has 2 fully saturated rings. The summed E-state index contributed by atoms with van der Waals surface area (Å²) in [7, 11) is 0. The van der Waals surface area contributed by atoms with Crippen molar-refractivity contribution >= 4 is 35.2 Å². The van der Waals surface area contributed by atoms with Crippen molar-refractivity contribution in [3.63, 3.8) is 0 Å². The Morgan fingerprint density at radius 3 is 2.54 bits per heavy atom. The fraction of sp³-hybridized carbons (Fsp3) is 0.619. The van der Waals surface area contributed by atoms with Gasteiger partial charge < -0.3 is 15.1 Å². The van der Waals surface area contributed by atoms with Gasteiger partial charge in [0, 0.05) is 29.4 Å². The van der Waals surface area contributed by atoms with E-state index in [1.54, 1.807) is 40.9 Å². The summed E-state index contributed by atoms with van der Waals surface area (Å²) in [5.41, 5.74) is 0.579. The van der Waals surface area contributed by atoms with E-state index in [0.717, 1.165) is 26.1 Å². The van der Waals surface area contributed by atoms with E-state index in [4.69, 9.17) is 11.6 Å². The molecule has 0 bridgehead atoms. The maximum atomic E-state index is 13.2. The zero-order valence-electron chi connectivity index (χ0n) is 16.7. The molecule has 2 aliphatic heterocycles. The Kier molecular flexibility index (Phi) is 7.66. The molecular formula is C21H30ClN3O2S. The molecule has 154 valence electrons. The van der Waals surface area contributed by atoms with Gasteiger partial charge in [0.1, 0.15) is 6.04 Å². The third kappa shape index (κ3) is 5.43. The smallest absolute Gasteiger partial charge is 0.255 e. The average molecular weight is 424 g/mol. The summed E-state index contributed by atoms with van der Waals surface area (Å²) in [6, 6.07) is 6.50. The molecule has 1 N–H and O–H groups in total. The summed E-state index contributed by atoms with van der Waals surface area (Å²) in [5.74, 6) is 0.967. The molecule has 3 rings (SSSR count). The molecule has 2 aliphatic rings.